The Labute approximate surface area is 67.9 Å². The van der Waals surface area contributed by atoms with Crippen LogP contribution < -0.4 is 15.6 Å². The maximum atomic E-state index is 10.9. The van der Waals surface area contributed by atoms with Crippen LogP contribution in [-0.4, -0.2) is 7.11 Å². The molecule has 2 rings (SSSR count). The summed E-state index contributed by atoms with van der Waals surface area (Å²) in [4.78, 5) is 21.8. The second-order valence-electron chi connectivity index (χ2n) is 2.57. The second-order valence-corrected chi connectivity index (χ2v) is 2.57. The highest BCUT2D eigenvalue weighted by molar-refractivity contribution is 5.88. The summed E-state index contributed by atoms with van der Waals surface area (Å²) >= 11 is 0. The van der Waals surface area contributed by atoms with Crippen LogP contribution in [-0.2, 0) is 0 Å². The first-order valence-corrected chi connectivity index (χ1v) is 3.51. The van der Waals surface area contributed by atoms with E-state index in [1.54, 1.807) is 18.2 Å². The van der Waals surface area contributed by atoms with Gasteiger partial charge in [0.05, 0.1) is 7.11 Å². The minimum absolute atomic E-state index is 0.396. The zero-order valence-corrected chi connectivity index (χ0v) is 6.46. The third-order valence-electron chi connectivity index (χ3n) is 1.92. The molecule has 0 saturated carbocycles. The summed E-state index contributed by atoms with van der Waals surface area (Å²) in [5.74, 6) is 0.606. The van der Waals surface area contributed by atoms with Crippen LogP contribution >= 0.6 is 0 Å². The number of fused-ring (bicyclic) bond motifs is 1. The van der Waals surface area contributed by atoms with E-state index in [0.29, 0.717) is 16.5 Å². The third-order valence-corrected chi connectivity index (χ3v) is 1.92. The fourth-order valence-corrected chi connectivity index (χ4v) is 1.22. The van der Waals surface area contributed by atoms with Crippen molar-refractivity contribution in [2.24, 2.45) is 0 Å². The van der Waals surface area contributed by atoms with Crippen molar-refractivity contribution < 1.29 is 4.74 Å². The molecule has 0 radical (unpaired) electrons. The highest BCUT2D eigenvalue weighted by atomic mass is 16.5. The van der Waals surface area contributed by atoms with Crippen molar-refractivity contribution in [1.82, 2.24) is 0 Å². The van der Waals surface area contributed by atoms with Gasteiger partial charge in [0.1, 0.15) is 5.75 Å². The Morgan fingerprint density at radius 1 is 1.08 bits per heavy atom. The van der Waals surface area contributed by atoms with Crippen LogP contribution in [0.5, 0.6) is 5.75 Å². The molecule has 3 heteroatoms. The van der Waals surface area contributed by atoms with Gasteiger partial charge in [0.2, 0.25) is 10.9 Å². The van der Waals surface area contributed by atoms with E-state index in [-0.39, 0.29) is 0 Å². The predicted molar refractivity (Wildman–Crippen MR) is 45.4 cm³/mol. The van der Waals surface area contributed by atoms with Crippen molar-refractivity contribution in [3.8, 4) is 5.75 Å². The lowest BCUT2D eigenvalue weighted by Crippen LogP contribution is -2.30. The van der Waals surface area contributed by atoms with E-state index in [9.17, 15) is 9.59 Å². The molecule has 0 aromatic heterocycles. The van der Waals surface area contributed by atoms with Gasteiger partial charge in [-0.2, -0.15) is 0 Å². The van der Waals surface area contributed by atoms with Crippen LogP contribution in [0.15, 0.2) is 27.8 Å². The molecule has 0 bridgehead atoms. The monoisotopic (exact) mass is 162 g/mol. The van der Waals surface area contributed by atoms with E-state index < -0.39 is 10.9 Å². The molecule has 12 heavy (non-hydrogen) atoms. The highest BCUT2D eigenvalue weighted by Crippen LogP contribution is 2.15. The number of methoxy groups -OCH3 is 1. The topological polar surface area (TPSA) is 43.4 Å². The molecular weight excluding hydrogens is 156 g/mol. The largest absolute Gasteiger partial charge is 0.497 e. The molecule has 0 aliphatic rings. The van der Waals surface area contributed by atoms with Gasteiger partial charge in [0.15, 0.2) is 0 Å². The van der Waals surface area contributed by atoms with E-state index in [4.69, 9.17) is 4.74 Å². The van der Waals surface area contributed by atoms with Crippen LogP contribution in [0.2, 0.25) is 0 Å². The SMILES string of the molecule is COc1ccc2c(=O)c(=O)c2c1. The molecule has 0 aliphatic carbocycles. The van der Waals surface area contributed by atoms with E-state index in [1.807, 2.05) is 0 Å². The van der Waals surface area contributed by atoms with E-state index in [2.05, 4.69) is 0 Å². The van der Waals surface area contributed by atoms with Crippen molar-refractivity contribution in [2.45, 2.75) is 0 Å². The summed E-state index contributed by atoms with van der Waals surface area (Å²) < 4.78 is 4.90. The van der Waals surface area contributed by atoms with Gasteiger partial charge in [-0.25, -0.2) is 0 Å². The lowest BCUT2D eigenvalue weighted by atomic mass is 10.1. The van der Waals surface area contributed by atoms with Crippen molar-refractivity contribution in [1.29, 1.82) is 0 Å². The molecular formula is C9H6O3. The summed E-state index contributed by atoms with van der Waals surface area (Å²) in [6.07, 6.45) is 0. The van der Waals surface area contributed by atoms with Crippen LogP contribution in [0.1, 0.15) is 0 Å². The Hall–Kier alpha value is -1.64. The van der Waals surface area contributed by atoms with E-state index in [0.717, 1.165) is 0 Å². The molecule has 0 atom stereocenters. The van der Waals surface area contributed by atoms with Gasteiger partial charge in [-0.1, -0.05) is 0 Å². The molecule has 0 aliphatic heterocycles. The van der Waals surface area contributed by atoms with Gasteiger partial charge >= 0.3 is 0 Å². The van der Waals surface area contributed by atoms with Crippen molar-refractivity contribution in [3.63, 3.8) is 0 Å². The first-order chi connectivity index (χ1) is 5.74. The van der Waals surface area contributed by atoms with Crippen molar-refractivity contribution in [2.75, 3.05) is 7.11 Å². The molecule has 0 heterocycles. The Kier molecular flexibility index (Phi) is 1.27. The minimum Gasteiger partial charge on any atom is -0.497 e. The number of hydrogen-bond donors (Lipinski definition) is 0. The first-order valence-electron chi connectivity index (χ1n) is 3.51. The summed E-state index contributed by atoms with van der Waals surface area (Å²) in [5.41, 5.74) is -0.809. The highest BCUT2D eigenvalue weighted by Gasteiger charge is 2.11. The molecule has 3 nitrogen and oxygen atoms in total. The predicted octanol–water partition coefficient (Wildman–Crippen LogP) is 0.444. The van der Waals surface area contributed by atoms with Gasteiger partial charge in [-0.15, -0.1) is 0 Å². The van der Waals surface area contributed by atoms with Gasteiger partial charge < -0.3 is 4.74 Å². The maximum Gasteiger partial charge on any atom is 0.234 e. The van der Waals surface area contributed by atoms with Crippen LogP contribution in [0.25, 0.3) is 10.8 Å². The Balaban J connectivity index is 2.79. The van der Waals surface area contributed by atoms with Crippen LogP contribution in [0.3, 0.4) is 0 Å². The summed E-state index contributed by atoms with van der Waals surface area (Å²) in [7, 11) is 1.52. The Bertz CT molecular complexity index is 504. The van der Waals surface area contributed by atoms with Gasteiger partial charge in [0, 0.05) is 10.8 Å². The van der Waals surface area contributed by atoms with Gasteiger partial charge in [-0.3, -0.25) is 9.59 Å². The standard InChI is InChI=1S/C9H6O3/c1-12-5-2-3-6-7(4-5)9(11)8(6)10/h2-4H,1H3. The van der Waals surface area contributed by atoms with Crippen molar-refractivity contribution in [3.05, 3.63) is 38.6 Å². The van der Waals surface area contributed by atoms with E-state index >= 15 is 0 Å². The molecule has 0 spiro atoms. The molecule has 0 N–H and O–H groups in total. The zero-order valence-electron chi connectivity index (χ0n) is 6.46. The van der Waals surface area contributed by atoms with Crippen LogP contribution in [0, 0.1) is 0 Å². The number of benzene rings is 1. The lowest BCUT2D eigenvalue weighted by Gasteiger charge is -2.01. The average Bonchev–Trinajstić information content (AvgIpc) is 2.15. The van der Waals surface area contributed by atoms with E-state index in [1.165, 1.54) is 7.11 Å². The number of ether oxygens (including phenoxy) is 1. The minimum atomic E-state index is -0.413. The molecule has 60 valence electrons. The molecule has 2 aromatic rings. The smallest absolute Gasteiger partial charge is 0.234 e. The zero-order chi connectivity index (χ0) is 8.72. The third kappa shape index (κ3) is 0.704. The summed E-state index contributed by atoms with van der Waals surface area (Å²) in [6.45, 7) is 0. The summed E-state index contributed by atoms with van der Waals surface area (Å²) in [6, 6.07) is 4.86. The number of rotatable bonds is 1. The lowest BCUT2D eigenvalue weighted by molar-refractivity contribution is 0.415. The maximum absolute atomic E-state index is 10.9. The molecule has 0 fully saturated rings. The Morgan fingerprint density at radius 2 is 1.75 bits per heavy atom. The second kappa shape index (κ2) is 2.17. The molecule has 2 aromatic carbocycles. The molecule has 0 saturated heterocycles. The molecule has 0 amide bonds. The molecule has 0 unspecified atom stereocenters. The quantitative estimate of drug-likeness (QED) is 0.571. The van der Waals surface area contributed by atoms with Crippen molar-refractivity contribution >= 4 is 10.8 Å². The summed E-state index contributed by atoms with van der Waals surface area (Å²) in [5, 5.41) is 0.972. The van der Waals surface area contributed by atoms with Crippen LogP contribution in [0.4, 0.5) is 0 Å². The van der Waals surface area contributed by atoms with Gasteiger partial charge in [0.25, 0.3) is 0 Å². The normalized spacial score (nSPS) is 10.8. The Morgan fingerprint density at radius 3 is 2.42 bits per heavy atom. The first kappa shape index (κ1) is 7.03. The van der Waals surface area contributed by atoms with Gasteiger partial charge in [-0.05, 0) is 18.2 Å². The fraction of sp³-hybridized carbons (Fsp3) is 0.111. The number of hydrogen-bond acceptors (Lipinski definition) is 3. The fourth-order valence-electron chi connectivity index (χ4n) is 1.22. The average molecular weight is 162 g/mol.